The molecule has 0 aliphatic carbocycles. The molecule has 0 saturated carbocycles. The number of alkyl halides is 6. The van der Waals surface area contributed by atoms with Gasteiger partial charge in [-0.3, -0.25) is 4.79 Å². The van der Waals surface area contributed by atoms with E-state index in [0.29, 0.717) is 0 Å². The molecule has 3 aromatic rings. The fourth-order valence-corrected chi connectivity index (χ4v) is 3.97. The lowest BCUT2D eigenvalue weighted by Crippen LogP contribution is -2.37. The van der Waals surface area contributed by atoms with Crippen LogP contribution in [0.4, 0.5) is 32.0 Å². The molecule has 3 N–H and O–H groups in total. The quantitative estimate of drug-likeness (QED) is 0.359. The van der Waals surface area contributed by atoms with E-state index in [2.05, 4.69) is 10.1 Å². The second kappa shape index (κ2) is 7.32. The van der Waals surface area contributed by atoms with Crippen LogP contribution in [0.15, 0.2) is 60.7 Å². The van der Waals surface area contributed by atoms with Crippen LogP contribution in [0.2, 0.25) is 0 Å². The van der Waals surface area contributed by atoms with Gasteiger partial charge in [0.25, 0.3) is 0 Å². The Morgan fingerprint density at radius 2 is 1.45 bits per heavy atom. The molecular formula is C22H13F6NO4. The van der Waals surface area contributed by atoms with E-state index in [1.807, 2.05) is 0 Å². The first-order chi connectivity index (χ1) is 15.3. The summed E-state index contributed by atoms with van der Waals surface area (Å²) in [5.41, 5.74) is -3.74. The number of carbonyl (C=O) groups excluding carboxylic acids is 1. The number of anilines is 1. The number of amides is 1. The van der Waals surface area contributed by atoms with Crippen molar-refractivity contribution in [2.24, 2.45) is 0 Å². The van der Waals surface area contributed by atoms with Crippen LogP contribution < -0.4 is 10.1 Å². The first-order valence-electron chi connectivity index (χ1n) is 9.25. The number of fused-ring (bicyclic) bond motifs is 1. The Morgan fingerprint density at radius 1 is 0.818 bits per heavy atom. The molecule has 1 atom stereocenters. The number of rotatable bonds is 3. The highest BCUT2D eigenvalue weighted by atomic mass is 19.4. The van der Waals surface area contributed by atoms with Crippen molar-refractivity contribution in [3.8, 4) is 17.2 Å². The van der Waals surface area contributed by atoms with Crippen molar-refractivity contribution in [1.82, 2.24) is 0 Å². The van der Waals surface area contributed by atoms with Crippen molar-refractivity contribution < 1.29 is 46.1 Å². The van der Waals surface area contributed by atoms with Crippen molar-refractivity contribution in [2.45, 2.75) is 18.0 Å². The average Bonchev–Trinajstić information content (AvgIpc) is 3.01. The zero-order chi connectivity index (χ0) is 24.2. The molecule has 1 heterocycles. The number of phenolic OH excluding ortho intramolecular Hbond substituents is 2. The number of aromatic hydroxyl groups is 2. The lowest BCUT2D eigenvalue weighted by Gasteiger charge is -2.29. The molecule has 11 heteroatoms. The van der Waals surface area contributed by atoms with Gasteiger partial charge in [0.1, 0.15) is 11.2 Å². The summed E-state index contributed by atoms with van der Waals surface area (Å²) in [5.74, 6) is -2.70. The van der Waals surface area contributed by atoms with Crippen LogP contribution in [0, 0.1) is 0 Å². The maximum Gasteiger partial charge on any atom is 0.573 e. The number of carbonyl (C=O) groups is 1. The summed E-state index contributed by atoms with van der Waals surface area (Å²) in [5, 5.41) is 21.9. The van der Waals surface area contributed by atoms with Crippen LogP contribution in [-0.4, -0.2) is 22.5 Å². The number of phenols is 2. The molecule has 33 heavy (non-hydrogen) atoms. The molecule has 0 aromatic heterocycles. The number of benzene rings is 3. The first-order valence-corrected chi connectivity index (χ1v) is 9.25. The molecule has 0 saturated heterocycles. The summed E-state index contributed by atoms with van der Waals surface area (Å²) in [6.07, 6.45) is -9.78. The molecule has 0 spiro atoms. The van der Waals surface area contributed by atoms with Crippen LogP contribution in [0.5, 0.6) is 17.2 Å². The number of nitrogens with one attached hydrogen (secondary N) is 1. The van der Waals surface area contributed by atoms with E-state index >= 15 is 0 Å². The number of hydrogen-bond donors (Lipinski definition) is 3. The predicted octanol–water partition coefficient (Wildman–Crippen LogP) is 5.30. The normalized spacial score (nSPS) is 18.1. The molecular weight excluding hydrogens is 456 g/mol. The average molecular weight is 469 g/mol. The van der Waals surface area contributed by atoms with Gasteiger partial charge in [0, 0.05) is 5.56 Å². The summed E-state index contributed by atoms with van der Waals surface area (Å²) < 4.78 is 82.3. The lowest BCUT2D eigenvalue weighted by molar-refractivity contribution is -0.274. The molecule has 1 aliphatic heterocycles. The first kappa shape index (κ1) is 22.3. The molecule has 0 fully saturated rings. The maximum absolute atomic E-state index is 13.6. The van der Waals surface area contributed by atoms with E-state index in [9.17, 15) is 41.4 Å². The maximum atomic E-state index is 13.6. The Bertz CT molecular complexity index is 1240. The predicted molar refractivity (Wildman–Crippen MR) is 103 cm³/mol. The number of para-hydroxylation sites is 1. The third kappa shape index (κ3) is 3.69. The second-order valence-electron chi connectivity index (χ2n) is 7.21. The minimum absolute atomic E-state index is 0.0117. The van der Waals surface area contributed by atoms with E-state index in [-0.39, 0.29) is 16.7 Å². The van der Waals surface area contributed by atoms with Crippen molar-refractivity contribution in [2.75, 3.05) is 5.32 Å². The summed E-state index contributed by atoms with van der Waals surface area (Å²) in [6.45, 7) is 0. The third-order valence-corrected chi connectivity index (χ3v) is 5.28. The summed E-state index contributed by atoms with van der Waals surface area (Å²) in [7, 11) is 0. The van der Waals surface area contributed by atoms with Gasteiger partial charge < -0.3 is 20.3 Å². The fourth-order valence-electron chi connectivity index (χ4n) is 3.97. The Morgan fingerprint density at radius 3 is 2.03 bits per heavy atom. The molecule has 4 rings (SSSR count). The van der Waals surface area contributed by atoms with Crippen LogP contribution in [0.25, 0.3) is 0 Å². The van der Waals surface area contributed by atoms with Gasteiger partial charge in [-0.15, -0.1) is 13.2 Å². The molecule has 1 aliphatic rings. The highest BCUT2D eigenvalue weighted by molar-refractivity contribution is 6.12. The minimum Gasteiger partial charge on any atom is -0.504 e. The van der Waals surface area contributed by atoms with Gasteiger partial charge in [-0.25, -0.2) is 0 Å². The van der Waals surface area contributed by atoms with Gasteiger partial charge in [-0.2, -0.15) is 13.2 Å². The largest absolute Gasteiger partial charge is 0.573 e. The SMILES string of the molecule is O=C1Nc2c(C(F)(F)F)cccc2[C@@]1(c1ccc(OC(F)(F)F)cc1)c1ccc(O)c(O)c1. The van der Waals surface area contributed by atoms with Gasteiger partial charge in [0.05, 0.1) is 11.3 Å². The van der Waals surface area contributed by atoms with Crippen LogP contribution in [0.3, 0.4) is 0 Å². The van der Waals surface area contributed by atoms with E-state index in [4.69, 9.17) is 0 Å². The monoisotopic (exact) mass is 469 g/mol. The van der Waals surface area contributed by atoms with Gasteiger partial charge in [0.15, 0.2) is 11.5 Å². The fraction of sp³-hybridized carbons (Fsp3) is 0.136. The number of hydrogen-bond acceptors (Lipinski definition) is 4. The Balaban J connectivity index is 1.99. The van der Waals surface area contributed by atoms with Crippen molar-refractivity contribution >= 4 is 11.6 Å². The van der Waals surface area contributed by atoms with E-state index in [1.165, 1.54) is 12.1 Å². The molecule has 172 valence electrons. The molecule has 0 bridgehead atoms. The summed E-state index contributed by atoms with van der Waals surface area (Å²) in [6, 6.07) is 10.5. The molecule has 0 unspecified atom stereocenters. The molecule has 5 nitrogen and oxygen atoms in total. The van der Waals surface area contributed by atoms with Gasteiger partial charge in [-0.1, -0.05) is 30.3 Å². The van der Waals surface area contributed by atoms with Gasteiger partial charge >= 0.3 is 12.5 Å². The summed E-state index contributed by atoms with van der Waals surface area (Å²) in [4.78, 5) is 13.3. The van der Waals surface area contributed by atoms with Crippen molar-refractivity contribution in [3.05, 3.63) is 82.9 Å². The Labute approximate surface area is 181 Å². The zero-order valence-electron chi connectivity index (χ0n) is 16.3. The second-order valence-corrected chi connectivity index (χ2v) is 7.21. The number of halogens is 6. The van der Waals surface area contributed by atoms with Crippen LogP contribution in [0.1, 0.15) is 22.3 Å². The van der Waals surface area contributed by atoms with Crippen molar-refractivity contribution in [1.29, 1.82) is 0 Å². The molecule has 1 amide bonds. The Hall–Kier alpha value is -3.89. The lowest BCUT2D eigenvalue weighted by atomic mass is 9.70. The van der Waals surface area contributed by atoms with E-state index in [0.717, 1.165) is 48.5 Å². The van der Waals surface area contributed by atoms with Gasteiger partial charge in [-0.05, 0) is 41.5 Å². The summed E-state index contributed by atoms with van der Waals surface area (Å²) >= 11 is 0. The smallest absolute Gasteiger partial charge is 0.504 e. The van der Waals surface area contributed by atoms with Gasteiger partial charge in [0.2, 0.25) is 5.91 Å². The van der Waals surface area contributed by atoms with Crippen LogP contribution >= 0.6 is 0 Å². The molecule has 3 aromatic carbocycles. The van der Waals surface area contributed by atoms with Crippen LogP contribution in [-0.2, 0) is 16.4 Å². The topological polar surface area (TPSA) is 78.8 Å². The third-order valence-electron chi connectivity index (χ3n) is 5.28. The molecule has 0 radical (unpaired) electrons. The van der Waals surface area contributed by atoms with E-state index < -0.39 is 52.4 Å². The zero-order valence-corrected chi connectivity index (χ0v) is 16.3. The standard InChI is InChI=1S/C22H13F6NO4/c23-21(24,25)15-3-1-2-14-18(15)29-19(32)20(14,12-6-9-16(30)17(31)10-12)11-4-7-13(8-5-11)33-22(26,27)28/h1-10,30-31H,(H,29,32)/t20-/m1/s1. The Kier molecular flexibility index (Phi) is 4.95. The highest BCUT2D eigenvalue weighted by Crippen LogP contribution is 2.52. The number of ether oxygens (including phenoxy) is 1. The highest BCUT2D eigenvalue weighted by Gasteiger charge is 2.52. The minimum atomic E-state index is -4.97. The van der Waals surface area contributed by atoms with E-state index in [1.54, 1.807) is 0 Å². The van der Waals surface area contributed by atoms with Crippen molar-refractivity contribution in [3.63, 3.8) is 0 Å².